The molecule has 0 bridgehead atoms. The quantitative estimate of drug-likeness (QED) is 0.385. The number of nitrogens with one attached hydrogen (secondary N) is 1. The van der Waals surface area contributed by atoms with E-state index in [1.807, 2.05) is 20.8 Å². The highest BCUT2D eigenvalue weighted by atomic mass is 32.1. The van der Waals surface area contributed by atoms with E-state index in [0.717, 1.165) is 0 Å². The molecule has 6 heteroatoms. The molecule has 0 aromatic heterocycles. The maximum Gasteiger partial charge on any atom is 0.475 e. The van der Waals surface area contributed by atoms with E-state index in [2.05, 4.69) is 5.32 Å². The lowest BCUT2D eigenvalue weighted by Gasteiger charge is -2.29. The zero-order chi connectivity index (χ0) is 11.5. The van der Waals surface area contributed by atoms with Crippen molar-refractivity contribution in [3.8, 4) is 0 Å². The zero-order valence-corrected chi connectivity index (χ0v) is 9.93. The maximum atomic E-state index is 8.85. The molecule has 0 heterocycles. The molecule has 0 unspecified atom stereocenters. The van der Waals surface area contributed by atoms with Crippen LogP contribution >= 0.6 is 12.2 Å². The molecule has 5 N–H and O–H groups in total. The fourth-order valence-corrected chi connectivity index (χ4v) is 1.32. The van der Waals surface area contributed by atoms with Gasteiger partial charge in [-0.3, -0.25) is 0 Å². The topological polar surface area (TPSA) is 78.5 Å². The Labute approximate surface area is 91.0 Å². The van der Waals surface area contributed by atoms with Crippen LogP contribution in [0, 0.1) is 5.41 Å². The molecule has 0 amide bonds. The summed E-state index contributed by atoms with van der Waals surface area (Å²) < 4.78 is 0. The molecule has 82 valence electrons. The third kappa shape index (κ3) is 4.37. The van der Waals surface area contributed by atoms with Gasteiger partial charge in [-0.25, -0.2) is 0 Å². The van der Waals surface area contributed by atoms with E-state index < -0.39 is 13.1 Å². The minimum Gasteiger partial charge on any atom is -0.426 e. The lowest BCUT2D eigenvalue weighted by atomic mass is 9.80. The van der Waals surface area contributed by atoms with Crippen molar-refractivity contribution < 1.29 is 10.0 Å². The fourth-order valence-electron chi connectivity index (χ4n) is 0.782. The number of rotatable bonds is 3. The van der Waals surface area contributed by atoms with Gasteiger partial charge in [0.05, 0.1) is 17.0 Å². The minimum absolute atomic E-state index is 0.135. The first kappa shape index (κ1) is 13.8. The van der Waals surface area contributed by atoms with Crippen LogP contribution in [0.3, 0.4) is 0 Å². The molecule has 4 nitrogen and oxygen atoms in total. The summed E-state index contributed by atoms with van der Waals surface area (Å²) in [6, 6.07) is -0.293. The Morgan fingerprint density at radius 2 is 1.86 bits per heavy atom. The molecule has 0 aliphatic rings. The van der Waals surface area contributed by atoms with Crippen LogP contribution in [0.1, 0.15) is 27.7 Å². The Hall–Kier alpha value is -0.165. The first-order valence-electron chi connectivity index (χ1n) is 4.58. The van der Waals surface area contributed by atoms with Crippen LogP contribution in [0.4, 0.5) is 0 Å². The van der Waals surface area contributed by atoms with Crippen molar-refractivity contribution in [3.63, 3.8) is 0 Å². The normalized spacial score (nSPS) is 15.9. The highest BCUT2D eigenvalue weighted by Gasteiger charge is 2.27. The number of nitrogens with two attached hydrogens (primary N) is 1. The first-order valence-corrected chi connectivity index (χ1v) is 4.99. The Morgan fingerprint density at radius 3 is 2.14 bits per heavy atom. The smallest absolute Gasteiger partial charge is 0.426 e. The Bertz CT molecular complexity index is 206. The molecule has 0 radical (unpaired) electrons. The summed E-state index contributed by atoms with van der Waals surface area (Å²) >= 11 is 5.06. The Kier molecular flexibility index (Phi) is 5.01. The number of thiocarbonyl (C=S) groups is 1. The van der Waals surface area contributed by atoms with Crippen LogP contribution in [-0.4, -0.2) is 34.1 Å². The summed E-state index contributed by atoms with van der Waals surface area (Å²) in [5, 5.41) is 20.5. The number of hydrogen-bond acceptors (Lipinski definition) is 4. The van der Waals surface area contributed by atoms with Gasteiger partial charge in [0.25, 0.3) is 0 Å². The largest absolute Gasteiger partial charge is 0.475 e. The highest BCUT2D eigenvalue weighted by Crippen LogP contribution is 2.17. The second kappa shape index (κ2) is 5.07. The molecule has 0 fully saturated rings. The molecule has 0 saturated carbocycles. The van der Waals surface area contributed by atoms with Gasteiger partial charge in [-0.05, 0) is 12.3 Å². The Balaban J connectivity index is 4.23. The summed E-state index contributed by atoms with van der Waals surface area (Å²) in [5.41, 5.74) is 5.74. The molecule has 0 spiro atoms. The van der Waals surface area contributed by atoms with Gasteiger partial charge in [0.2, 0.25) is 0 Å². The zero-order valence-electron chi connectivity index (χ0n) is 9.11. The van der Waals surface area contributed by atoms with Gasteiger partial charge >= 0.3 is 7.12 Å². The van der Waals surface area contributed by atoms with Gasteiger partial charge in [0.1, 0.15) is 0 Å². The van der Waals surface area contributed by atoms with Gasteiger partial charge in [-0.1, -0.05) is 33.0 Å². The molecule has 0 aromatic carbocycles. The fraction of sp³-hybridized carbons (Fsp3) is 0.875. The molecule has 14 heavy (non-hydrogen) atoms. The first-order chi connectivity index (χ1) is 6.16. The predicted octanol–water partition coefficient (Wildman–Crippen LogP) is -0.323. The lowest BCUT2D eigenvalue weighted by Crippen LogP contribution is -2.53. The van der Waals surface area contributed by atoms with Crippen molar-refractivity contribution in [1.82, 2.24) is 5.32 Å². The summed E-state index contributed by atoms with van der Waals surface area (Å²) in [5.74, 6) is -0.504. The van der Waals surface area contributed by atoms with Crippen molar-refractivity contribution >= 4 is 24.3 Å². The number of hydrogen-bond donors (Lipinski definition) is 4. The van der Waals surface area contributed by atoms with Crippen LogP contribution in [0.2, 0.25) is 0 Å². The van der Waals surface area contributed by atoms with E-state index in [1.54, 1.807) is 6.92 Å². The Morgan fingerprint density at radius 1 is 1.43 bits per heavy atom. The highest BCUT2D eigenvalue weighted by molar-refractivity contribution is 7.80. The maximum absolute atomic E-state index is 8.85. The average Bonchev–Trinajstić information content (AvgIpc) is 2.00. The molecule has 2 atom stereocenters. The minimum atomic E-state index is -1.43. The van der Waals surface area contributed by atoms with E-state index in [1.165, 1.54) is 0 Å². The van der Waals surface area contributed by atoms with Gasteiger partial charge in [0, 0.05) is 0 Å². The van der Waals surface area contributed by atoms with E-state index >= 15 is 0 Å². The van der Waals surface area contributed by atoms with E-state index in [9.17, 15) is 0 Å². The van der Waals surface area contributed by atoms with Crippen LogP contribution in [0.15, 0.2) is 0 Å². The van der Waals surface area contributed by atoms with Crippen molar-refractivity contribution in [2.75, 3.05) is 0 Å². The summed E-state index contributed by atoms with van der Waals surface area (Å²) in [4.78, 5) is 0.457. The second-order valence-corrected chi connectivity index (χ2v) is 4.99. The summed E-state index contributed by atoms with van der Waals surface area (Å²) in [7, 11) is -1.43. The lowest BCUT2D eigenvalue weighted by molar-refractivity contribution is 0.369. The molecule has 0 rings (SSSR count). The van der Waals surface area contributed by atoms with Crippen molar-refractivity contribution in [2.24, 2.45) is 11.1 Å². The van der Waals surface area contributed by atoms with Crippen molar-refractivity contribution in [2.45, 2.75) is 39.7 Å². The molecular weight excluding hydrogens is 199 g/mol. The third-order valence-corrected chi connectivity index (χ3v) is 2.40. The monoisotopic (exact) mass is 218 g/mol. The second-order valence-electron chi connectivity index (χ2n) is 4.55. The van der Waals surface area contributed by atoms with Gasteiger partial charge in [0.15, 0.2) is 0 Å². The summed E-state index contributed by atoms with van der Waals surface area (Å²) in [6.07, 6.45) is 0. The van der Waals surface area contributed by atoms with E-state index in [-0.39, 0.29) is 11.5 Å². The summed E-state index contributed by atoms with van der Waals surface area (Å²) in [6.45, 7) is 7.56. The molecule has 0 aliphatic carbocycles. The van der Waals surface area contributed by atoms with Crippen LogP contribution in [0.5, 0.6) is 0 Å². The molecule has 0 aliphatic heterocycles. The van der Waals surface area contributed by atoms with Gasteiger partial charge in [-0.15, -0.1) is 0 Å². The SMILES string of the molecule is C[C@H](NC(=S)[C@@H](N)C(C)(C)C)B(O)O. The molecule has 0 aromatic rings. The van der Waals surface area contributed by atoms with Crippen LogP contribution in [-0.2, 0) is 0 Å². The van der Waals surface area contributed by atoms with Crippen LogP contribution in [0.25, 0.3) is 0 Å². The molecule has 0 saturated heterocycles. The van der Waals surface area contributed by atoms with Crippen molar-refractivity contribution in [3.05, 3.63) is 0 Å². The predicted molar refractivity (Wildman–Crippen MR) is 62.8 cm³/mol. The van der Waals surface area contributed by atoms with Gasteiger partial charge in [-0.2, -0.15) is 0 Å². The van der Waals surface area contributed by atoms with Gasteiger partial charge < -0.3 is 21.1 Å². The molecular formula is C8H19BN2O2S. The van der Waals surface area contributed by atoms with E-state index in [0.29, 0.717) is 4.99 Å². The van der Waals surface area contributed by atoms with Crippen LogP contribution < -0.4 is 11.1 Å². The third-order valence-electron chi connectivity index (χ3n) is 2.03. The van der Waals surface area contributed by atoms with E-state index in [4.69, 9.17) is 28.0 Å². The standard InChI is InChI=1S/C8H19BN2O2S/c1-5(9(12)13)11-7(14)6(10)8(2,3)4/h5-6,12-13H,10H2,1-4H3,(H,11,14)/t5-,6+/m0/s1. The van der Waals surface area contributed by atoms with Crippen molar-refractivity contribution in [1.29, 1.82) is 0 Å². The average molecular weight is 218 g/mol.